The van der Waals surface area contributed by atoms with Crippen LogP contribution in [0.25, 0.3) is 5.82 Å². The molecule has 2 aromatic rings. The van der Waals surface area contributed by atoms with Gasteiger partial charge in [-0.1, -0.05) is 39.5 Å². The molecule has 0 saturated heterocycles. The molecule has 0 spiro atoms. The minimum atomic E-state index is -0.0212. The fourth-order valence-corrected chi connectivity index (χ4v) is 4.62. The molecule has 2 aromatic heterocycles. The molecule has 1 aliphatic carbocycles. The number of unbranched alkanes of at least 4 members (excludes halogenated alkanes) is 1. The lowest BCUT2D eigenvalue weighted by Gasteiger charge is -2.37. The van der Waals surface area contributed by atoms with Gasteiger partial charge in [-0.3, -0.25) is 4.79 Å². The highest BCUT2D eigenvalue weighted by Crippen LogP contribution is 2.27. The third kappa shape index (κ3) is 5.91. The fraction of sp³-hybridized carbons (Fsp3) is 0.625. The molecular formula is C24H37N5O. The average molecular weight is 412 g/mol. The Morgan fingerprint density at radius 3 is 2.80 bits per heavy atom. The Morgan fingerprint density at radius 1 is 1.30 bits per heavy atom. The van der Waals surface area contributed by atoms with Gasteiger partial charge in [-0.2, -0.15) is 5.10 Å². The van der Waals surface area contributed by atoms with E-state index in [1.165, 1.54) is 44.9 Å². The summed E-state index contributed by atoms with van der Waals surface area (Å²) in [6.07, 6.45) is 14.9. The van der Waals surface area contributed by atoms with E-state index in [9.17, 15) is 4.79 Å². The van der Waals surface area contributed by atoms with Crippen LogP contribution >= 0.6 is 0 Å². The van der Waals surface area contributed by atoms with Crippen LogP contribution in [-0.2, 0) is 0 Å². The molecule has 6 heteroatoms. The monoisotopic (exact) mass is 411 g/mol. The van der Waals surface area contributed by atoms with E-state index in [1.54, 1.807) is 17.1 Å². The number of carbonyl (C=O) groups is 1. The van der Waals surface area contributed by atoms with E-state index in [-0.39, 0.29) is 11.9 Å². The molecule has 1 saturated carbocycles. The summed E-state index contributed by atoms with van der Waals surface area (Å²) < 4.78 is 1.69. The molecule has 164 valence electrons. The lowest BCUT2D eigenvalue weighted by Crippen LogP contribution is -2.47. The third-order valence-corrected chi connectivity index (χ3v) is 6.48. The van der Waals surface area contributed by atoms with Crippen molar-refractivity contribution >= 4 is 5.91 Å². The number of nitrogens with zero attached hydrogens (tertiary/aromatic N) is 4. The van der Waals surface area contributed by atoms with Crippen molar-refractivity contribution < 1.29 is 4.79 Å². The maximum absolute atomic E-state index is 12.9. The van der Waals surface area contributed by atoms with E-state index in [0.29, 0.717) is 23.3 Å². The second-order valence-corrected chi connectivity index (χ2v) is 8.62. The van der Waals surface area contributed by atoms with Gasteiger partial charge >= 0.3 is 0 Å². The van der Waals surface area contributed by atoms with Crippen LogP contribution < -0.4 is 5.32 Å². The van der Waals surface area contributed by atoms with Crippen molar-refractivity contribution in [3.63, 3.8) is 0 Å². The first-order chi connectivity index (χ1) is 14.6. The van der Waals surface area contributed by atoms with Crippen LogP contribution in [-0.4, -0.2) is 51.2 Å². The van der Waals surface area contributed by atoms with Crippen molar-refractivity contribution in [3.05, 3.63) is 42.4 Å². The van der Waals surface area contributed by atoms with Crippen LogP contribution in [0.5, 0.6) is 0 Å². The number of nitrogens with one attached hydrogen (secondary N) is 1. The molecular weight excluding hydrogens is 374 g/mol. The van der Waals surface area contributed by atoms with Gasteiger partial charge in [0, 0.05) is 37.2 Å². The maximum Gasteiger partial charge on any atom is 0.253 e. The van der Waals surface area contributed by atoms with Crippen molar-refractivity contribution in [3.8, 4) is 5.82 Å². The van der Waals surface area contributed by atoms with Gasteiger partial charge in [0.05, 0.1) is 5.56 Å². The van der Waals surface area contributed by atoms with Crippen LogP contribution in [0, 0.1) is 5.92 Å². The van der Waals surface area contributed by atoms with Gasteiger partial charge in [0.1, 0.15) is 0 Å². The Labute approximate surface area is 181 Å². The van der Waals surface area contributed by atoms with Crippen LogP contribution in [0.2, 0.25) is 0 Å². The molecule has 2 heterocycles. The van der Waals surface area contributed by atoms with Crippen molar-refractivity contribution in [1.29, 1.82) is 0 Å². The number of hydrogen-bond acceptors (Lipinski definition) is 4. The second-order valence-electron chi connectivity index (χ2n) is 8.62. The zero-order chi connectivity index (χ0) is 21.3. The van der Waals surface area contributed by atoms with Crippen LogP contribution in [0.15, 0.2) is 36.8 Å². The number of amides is 1. The summed E-state index contributed by atoms with van der Waals surface area (Å²) in [5.74, 6) is 1.21. The number of rotatable bonds is 10. The normalized spacial score (nSPS) is 20.3. The summed E-state index contributed by atoms with van der Waals surface area (Å²) >= 11 is 0. The summed E-state index contributed by atoms with van der Waals surface area (Å²) in [5, 5.41) is 7.50. The average Bonchev–Trinajstić information content (AvgIpc) is 3.31. The van der Waals surface area contributed by atoms with E-state index in [1.807, 2.05) is 24.4 Å². The van der Waals surface area contributed by atoms with Gasteiger partial charge in [0.2, 0.25) is 0 Å². The largest absolute Gasteiger partial charge is 0.349 e. The molecule has 2 unspecified atom stereocenters. The van der Waals surface area contributed by atoms with Crippen molar-refractivity contribution in [2.75, 3.05) is 13.6 Å². The van der Waals surface area contributed by atoms with Gasteiger partial charge < -0.3 is 10.2 Å². The molecule has 0 radical (unpaired) electrons. The Bertz CT molecular complexity index is 758. The van der Waals surface area contributed by atoms with Crippen molar-refractivity contribution in [2.45, 2.75) is 77.3 Å². The maximum atomic E-state index is 12.9. The molecule has 1 amide bonds. The quantitative estimate of drug-likeness (QED) is 0.627. The van der Waals surface area contributed by atoms with E-state index < -0.39 is 0 Å². The van der Waals surface area contributed by atoms with Crippen LogP contribution in [0.1, 0.15) is 75.6 Å². The SMILES string of the molecule is CCCCC(CC)N(C)C[C@@H]1CCCCC1NC(=O)c1ccc(-n2cccn2)nc1. The molecule has 0 aliphatic heterocycles. The number of aromatic nitrogens is 3. The van der Waals surface area contributed by atoms with E-state index in [4.69, 9.17) is 0 Å². The van der Waals surface area contributed by atoms with Gasteiger partial charge in [0.15, 0.2) is 5.82 Å². The summed E-state index contributed by atoms with van der Waals surface area (Å²) in [6, 6.07) is 6.41. The number of pyridine rings is 1. The first-order valence-corrected chi connectivity index (χ1v) is 11.6. The van der Waals surface area contributed by atoms with E-state index >= 15 is 0 Å². The van der Waals surface area contributed by atoms with Crippen LogP contribution in [0.4, 0.5) is 0 Å². The molecule has 1 fully saturated rings. The lowest BCUT2D eigenvalue weighted by atomic mass is 9.83. The predicted molar refractivity (Wildman–Crippen MR) is 121 cm³/mol. The highest BCUT2D eigenvalue weighted by atomic mass is 16.1. The van der Waals surface area contributed by atoms with Crippen molar-refractivity contribution in [1.82, 2.24) is 25.0 Å². The van der Waals surface area contributed by atoms with Gasteiger partial charge in [-0.15, -0.1) is 0 Å². The third-order valence-electron chi connectivity index (χ3n) is 6.48. The first kappa shape index (κ1) is 22.5. The summed E-state index contributed by atoms with van der Waals surface area (Å²) in [5.41, 5.74) is 0.609. The minimum Gasteiger partial charge on any atom is -0.349 e. The lowest BCUT2D eigenvalue weighted by molar-refractivity contribution is 0.0875. The summed E-state index contributed by atoms with van der Waals surface area (Å²) in [4.78, 5) is 19.8. The Hall–Kier alpha value is -2.21. The molecule has 1 aliphatic rings. The van der Waals surface area contributed by atoms with Gasteiger partial charge in [0.25, 0.3) is 5.91 Å². The van der Waals surface area contributed by atoms with E-state index in [0.717, 1.165) is 13.0 Å². The fourth-order valence-electron chi connectivity index (χ4n) is 4.62. The van der Waals surface area contributed by atoms with Gasteiger partial charge in [-0.05, 0) is 56.8 Å². The first-order valence-electron chi connectivity index (χ1n) is 11.6. The topological polar surface area (TPSA) is 63.1 Å². The molecule has 0 aromatic carbocycles. The van der Waals surface area contributed by atoms with Gasteiger partial charge in [-0.25, -0.2) is 9.67 Å². The molecule has 3 rings (SSSR count). The zero-order valence-corrected chi connectivity index (χ0v) is 18.8. The Morgan fingerprint density at radius 2 is 2.13 bits per heavy atom. The number of carbonyl (C=O) groups excluding carboxylic acids is 1. The molecule has 1 N–H and O–H groups in total. The number of hydrogen-bond donors (Lipinski definition) is 1. The molecule has 0 bridgehead atoms. The standard InChI is InChI=1S/C24H37N5O/c1-4-6-11-21(5-2)28(3)18-20-10-7-8-12-22(20)27-24(30)19-13-14-23(25-17-19)29-16-9-15-26-29/h9,13-17,20-22H,4-8,10-12,18H2,1-3H3,(H,27,30)/t20-,21?,22?/m0/s1. The highest BCUT2D eigenvalue weighted by Gasteiger charge is 2.29. The summed E-state index contributed by atoms with van der Waals surface area (Å²) in [7, 11) is 2.26. The summed E-state index contributed by atoms with van der Waals surface area (Å²) in [6.45, 7) is 5.61. The molecule has 3 atom stereocenters. The Kier molecular flexibility index (Phi) is 8.43. The smallest absolute Gasteiger partial charge is 0.253 e. The van der Waals surface area contributed by atoms with Crippen molar-refractivity contribution in [2.24, 2.45) is 5.92 Å². The van der Waals surface area contributed by atoms with E-state index in [2.05, 4.69) is 41.2 Å². The highest BCUT2D eigenvalue weighted by molar-refractivity contribution is 5.94. The second kappa shape index (κ2) is 11.3. The predicted octanol–water partition coefficient (Wildman–Crippen LogP) is 4.46. The van der Waals surface area contributed by atoms with Crippen LogP contribution in [0.3, 0.4) is 0 Å². The molecule has 30 heavy (non-hydrogen) atoms. The zero-order valence-electron chi connectivity index (χ0n) is 18.8. The Balaban J connectivity index is 1.59. The minimum absolute atomic E-state index is 0.0212. The molecule has 6 nitrogen and oxygen atoms in total.